The number of hydrogen-bond acceptors (Lipinski definition) is 2. The smallest absolute Gasteiger partial charge is 0.0221 e. The van der Waals surface area contributed by atoms with Gasteiger partial charge in [-0.2, -0.15) is 0 Å². The van der Waals surface area contributed by atoms with Gasteiger partial charge in [-0.3, -0.25) is 4.90 Å². The summed E-state index contributed by atoms with van der Waals surface area (Å²) in [6, 6.07) is 1.70. The zero-order valence-corrected chi connectivity index (χ0v) is 10.00. The van der Waals surface area contributed by atoms with Crippen molar-refractivity contribution < 1.29 is 0 Å². The van der Waals surface area contributed by atoms with Crippen molar-refractivity contribution in [2.45, 2.75) is 71.0 Å². The molecule has 0 radical (unpaired) electrons. The summed E-state index contributed by atoms with van der Waals surface area (Å²) < 4.78 is 0. The van der Waals surface area contributed by atoms with E-state index < -0.39 is 0 Å². The van der Waals surface area contributed by atoms with Crippen LogP contribution in [0.3, 0.4) is 0 Å². The first-order chi connectivity index (χ1) is 6.70. The van der Waals surface area contributed by atoms with Crippen LogP contribution in [0.5, 0.6) is 0 Å². The number of hydrogen-bond donors (Lipinski definition) is 1. The average Bonchev–Trinajstić information content (AvgIpc) is 2.71. The monoisotopic (exact) mass is 198 g/mol. The fourth-order valence-corrected chi connectivity index (χ4v) is 2.70. The molecule has 2 N–H and O–H groups in total. The Morgan fingerprint density at radius 1 is 1.29 bits per heavy atom. The van der Waals surface area contributed by atoms with Gasteiger partial charge in [-0.25, -0.2) is 0 Å². The average molecular weight is 198 g/mol. The van der Waals surface area contributed by atoms with Crippen LogP contribution in [-0.2, 0) is 0 Å². The molecule has 0 heterocycles. The van der Waals surface area contributed by atoms with E-state index in [1.165, 1.54) is 25.7 Å². The lowest BCUT2D eigenvalue weighted by Gasteiger charge is -2.36. The van der Waals surface area contributed by atoms with Crippen molar-refractivity contribution in [3.8, 4) is 0 Å². The van der Waals surface area contributed by atoms with E-state index in [1.54, 1.807) is 0 Å². The number of likely N-dealkylation sites (N-methyl/N-ethyl adjacent to an activating group) is 1. The van der Waals surface area contributed by atoms with Crippen LogP contribution in [0, 0.1) is 0 Å². The molecule has 1 saturated carbocycles. The van der Waals surface area contributed by atoms with Gasteiger partial charge in [0.1, 0.15) is 0 Å². The van der Waals surface area contributed by atoms with Gasteiger partial charge in [-0.15, -0.1) is 0 Å². The maximum absolute atomic E-state index is 6.12. The molecule has 0 amide bonds. The van der Waals surface area contributed by atoms with E-state index in [9.17, 15) is 0 Å². The molecular weight excluding hydrogens is 172 g/mol. The zero-order valence-electron chi connectivity index (χ0n) is 10.00. The van der Waals surface area contributed by atoms with Crippen molar-refractivity contribution in [2.24, 2.45) is 5.73 Å². The van der Waals surface area contributed by atoms with Crippen LogP contribution in [0.15, 0.2) is 0 Å². The fraction of sp³-hybridized carbons (Fsp3) is 1.00. The molecule has 0 bridgehead atoms. The Morgan fingerprint density at radius 2 is 1.86 bits per heavy atom. The van der Waals surface area contributed by atoms with Crippen molar-refractivity contribution in [1.82, 2.24) is 4.90 Å². The largest absolute Gasteiger partial charge is 0.326 e. The van der Waals surface area contributed by atoms with E-state index in [2.05, 4.69) is 25.7 Å². The molecule has 2 nitrogen and oxygen atoms in total. The quantitative estimate of drug-likeness (QED) is 0.735. The molecule has 1 rings (SSSR count). The van der Waals surface area contributed by atoms with E-state index in [0.29, 0.717) is 12.1 Å². The lowest BCUT2D eigenvalue weighted by molar-refractivity contribution is 0.133. The van der Waals surface area contributed by atoms with Crippen LogP contribution in [0.2, 0.25) is 0 Å². The van der Waals surface area contributed by atoms with Crippen molar-refractivity contribution in [2.75, 3.05) is 6.54 Å². The minimum Gasteiger partial charge on any atom is -0.326 e. The maximum Gasteiger partial charge on any atom is 0.0221 e. The summed E-state index contributed by atoms with van der Waals surface area (Å²) in [5.41, 5.74) is 6.12. The Morgan fingerprint density at radius 3 is 2.29 bits per heavy atom. The van der Waals surface area contributed by atoms with Gasteiger partial charge >= 0.3 is 0 Å². The molecule has 0 aromatic carbocycles. The summed E-state index contributed by atoms with van der Waals surface area (Å²) in [4.78, 5) is 2.61. The molecule has 1 fully saturated rings. The molecule has 2 unspecified atom stereocenters. The predicted molar refractivity (Wildman–Crippen MR) is 62.4 cm³/mol. The highest BCUT2D eigenvalue weighted by atomic mass is 15.2. The molecular formula is C12H26N2. The fourth-order valence-electron chi connectivity index (χ4n) is 2.70. The van der Waals surface area contributed by atoms with Crippen LogP contribution in [-0.4, -0.2) is 29.6 Å². The Labute approximate surface area is 88.8 Å². The molecule has 84 valence electrons. The van der Waals surface area contributed by atoms with E-state index in [4.69, 9.17) is 5.73 Å². The topological polar surface area (TPSA) is 29.3 Å². The van der Waals surface area contributed by atoms with Gasteiger partial charge < -0.3 is 5.73 Å². The van der Waals surface area contributed by atoms with Crippen molar-refractivity contribution >= 4 is 0 Å². The van der Waals surface area contributed by atoms with Gasteiger partial charge in [0.2, 0.25) is 0 Å². The van der Waals surface area contributed by atoms with Gasteiger partial charge in [0.05, 0.1) is 0 Å². The summed E-state index contributed by atoms with van der Waals surface area (Å²) in [5.74, 6) is 0. The SMILES string of the molecule is CCC(N)C(C)N(CC)C1CCCC1. The van der Waals surface area contributed by atoms with Crippen LogP contribution < -0.4 is 5.73 Å². The van der Waals surface area contributed by atoms with Gasteiger partial charge in [-0.05, 0) is 32.7 Å². The number of rotatable bonds is 5. The summed E-state index contributed by atoms with van der Waals surface area (Å²) in [6.45, 7) is 7.89. The third kappa shape index (κ3) is 2.71. The highest BCUT2D eigenvalue weighted by Crippen LogP contribution is 2.25. The predicted octanol–water partition coefficient (Wildman–Crippen LogP) is 2.38. The Bertz CT molecular complexity index is 152. The third-order valence-corrected chi connectivity index (χ3v) is 3.77. The normalized spacial score (nSPS) is 22.9. The number of nitrogens with zero attached hydrogens (tertiary/aromatic N) is 1. The first kappa shape index (κ1) is 12.0. The zero-order chi connectivity index (χ0) is 10.6. The summed E-state index contributed by atoms with van der Waals surface area (Å²) in [5, 5.41) is 0. The molecule has 1 aliphatic rings. The second-order valence-electron chi connectivity index (χ2n) is 4.58. The van der Waals surface area contributed by atoms with E-state index in [0.717, 1.165) is 19.0 Å². The molecule has 0 saturated heterocycles. The van der Waals surface area contributed by atoms with Crippen LogP contribution in [0.4, 0.5) is 0 Å². The summed E-state index contributed by atoms with van der Waals surface area (Å²) in [6.07, 6.45) is 6.68. The standard InChI is InChI=1S/C12H26N2/c1-4-12(13)10(3)14(5-2)11-8-6-7-9-11/h10-12H,4-9,13H2,1-3H3. The summed E-state index contributed by atoms with van der Waals surface area (Å²) in [7, 11) is 0. The lowest BCUT2D eigenvalue weighted by Crippen LogP contribution is -2.49. The van der Waals surface area contributed by atoms with Gasteiger partial charge in [0.25, 0.3) is 0 Å². The first-order valence-electron chi connectivity index (χ1n) is 6.22. The van der Waals surface area contributed by atoms with E-state index in [1.807, 2.05) is 0 Å². The lowest BCUT2D eigenvalue weighted by atomic mass is 10.0. The van der Waals surface area contributed by atoms with Crippen LogP contribution in [0.1, 0.15) is 52.9 Å². The van der Waals surface area contributed by atoms with Crippen molar-refractivity contribution in [3.63, 3.8) is 0 Å². The molecule has 1 aliphatic carbocycles. The van der Waals surface area contributed by atoms with Crippen LogP contribution >= 0.6 is 0 Å². The molecule has 2 heteroatoms. The highest BCUT2D eigenvalue weighted by Gasteiger charge is 2.27. The summed E-state index contributed by atoms with van der Waals surface area (Å²) >= 11 is 0. The Balaban J connectivity index is 2.50. The van der Waals surface area contributed by atoms with Crippen molar-refractivity contribution in [3.05, 3.63) is 0 Å². The molecule has 14 heavy (non-hydrogen) atoms. The van der Waals surface area contributed by atoms with E-state index in [-0.39, 0.29) is 0 Å². The second-order valence-corrected chi connectivity index (χ2v) is 4.58. The maximum atomic E-state index is 6.12. The molecule has 0 aromatic heterocycles. The van der Waals surface area contributed by atoms with E-state index >= 15 is 0 Å². The second kappa shape index (κ2) is 5.72. The van der Waals surface area contributed by atoms with Gasteiger partial charge in [0.15, 0.2) is 0 Å². The highest BCUT2D eigenvalue weighted by molar-refractivity contribution is 4.84. The minimum absolute atomic E-state index is 0.343. The molecule has 2 atom stereocenters. The van der Waals surface area contributed by atoms with Crippen LogP contribution in [0.25, 0.3) is 0 Å². The molecule has 0 spiro atoms. The first-order valence-corrected chi connectivity index (χ1v) is 6.22. The number of nitrogens with two attached hydrogens (primary N) is 1. The molecule has 0 aliphatic heterocycles. The van der Waals surface area contributed by atoms with Gasteiger partial charge in [-0.1, -0.05) is 26.7 Å². The minimum atomic E-state index is 0.343. The Kier molecular flexibility index (Phi) is 4.90. The third-order valence-electron chi connectivity index (χ3n) is 3.77. The van der Waals surface area contributed by atoms with Gasteiger partial charge in [0, 0.05) is 18.1 Å². The Hall–Kier alpha value is -0.0800. The van der Waals surface area contributed by atoms with Crippen molar-refractivity contribution in [1.29, 1.82) is 0 Å². The molecule has 0 aromatic rings.